The van der Waals surface area contributed by atoms with E-state index >= 15 is 0 Å². The monoisotopic (exact) mass is 307 g/mol. The molecule has 3 rings (SSSR count). The van der Waals surface area contributed by atoms with E-state index in [2.05, 4.69) is 15.5 Å². The van der Waals surface area contributed by atoms with Crippen LogP contribution >= 0.6 is 0 Å². The van der Waals surface area contributed by atoms with E-state index in [0.29, 0.717) is 12.3 Å². The zero-order valence-electron chi connectivity index (χ0n) is 12.7. The van der Waals surface area contributed by atoms with Gasteiger partial charge in [0.15, 0.2) is 0 Å². The van der Waals surface area contributed by atoms with Gasteiger partial charge in [0.2, 0.25) is 0 Å². The molecule has 0 saturated carbocycles. The minimum Gasteiger partial charge on any atom is -0.410 e. The maximum atomic E-state index is 11.9. The van der Waals surface area contributed by atoms with E-state index in [0.717, 1.165) is 22.3 Å². The third-order valence-electron chi connectivity index (χ3n) is 3.58. The van der Waals surface area contributed by atoms with E-state index < -0.39 is 6.09 Å². The number of amides is 1. The predicted molar refractivity (Wildman–Crippen MR) is 88.1 cm³/mol. The molecule has 116 valence electrons. The first-order valence-electron chi connectivity index (χ1n) is 7.32. The SMILES string of the molecule is Cc1ccccc1CNC(=O)Oc1ccc(-c2cn[nH]c2)cc1. The second-order valence-electron chi connectivity index (χ2n) is 5.18. The van der Waals surface area contributed by atoms with Gasteiger partial charge in [-0.25, -0.2) is 4.79 Å². The number of carbonyl (C=O) groups excluding carboxylic acids is 1. The first-order valence-corrected chi connectivity index (χ1v) is 7.32. The first kappa shape index (κ1) is 14.8. The Morgan fingerprint density at radius 1 is 1.13 bits per heavy atom. The molecule has 0 atom stereocenters. The van der Waals surface area contributed by atoms with Crippen molar-refractivity contribution in [2.75, 3.05) is 0 Å². The Balaban J connectivity index is 1.57. The fraction of sp³-hybridized carbons (Fsp3) is 0.111. The fourth-order valence-corrected chi connectivity index (χ4v) is 2.24. The summed E-state index contributed by atoms with van der Waals surface area (Å²) in [5.41, 5.74) is 4.20. The molecule has 1 aromatic heterocycles. The number of hydrogen-bond donors (Lipinski definition) is 2. The number of benzene rings is 2. The van der Waals surface area contributed by atoms with Gasteiger partial charge in [-0.3, -0.25) is 5.10 Å². The van der Waals surface area contributed by atoms with Crippen molar-refractivity contribution in [2.24, 2.45) is 0 Å². The number of carbonyl (C=O) groups is 1. The summed E-state index contributed by atoms with van der Waals surface area (Å²) in [6.45, 7) is 2.45. The quantitative estimate of drug-likeness (QED) is 0.772. The molecule has 0 unspecified atom stereocenters. The molecule has 1 heterocycles. The molecule has 3 aromatic rings. The van der Waals surface area contributed by atoms with Gasteiger partial charge in [-0.05, 0) is 35.7 Å². The first-order chi connectivity index (χ1) is 11.2. The zero-order valence-corrected chi connectivity index (χ0v) is 12.7. The van der Waals surface area contributed by atoms with E-state index in [9.17, 15) is 4.79 Å². The number of H-pyrrole nitrogens is 1. The Labute approximate surface area is 134 Å². The van der Waals surface area contributed by atoms with Crippen molar-refractivity contribution < 1.29 is 9.53 Å². The molecule has 0 spiro atoms. The maximum Gasteiger partial charge on any atom is 0.412 e. The van der Waals surface area contributed by atoms with Crippen LogP contribution in [0.5, 0.6) is 5.75 Å². The van der Waals surface area contributed by atoms with E-state index in [1.807, 2.05) is 49.5 Å². The van der Waals surface area contributed by atoms with Gasteiger partial charge in [0.1, 0.15) is 5.75 Å². The molecule has 0 aliphatic carbocycles. The lowest BCUT2D eigenvalue weighted by molar-refractivity contribution is 0.200. The van der Waals surface area contributed by atoms with Crippen LogP contribution in [0.2, 0.25) is 0 Å². The highest BCUT2D eigenvalue weighted by molar-refractivity contribution is 5.71. The van der Waals surface area contributed by atoms with Crippen molar-refractivity contribution >= 4 is 6.09 Å². The van der Waals surface area contributed by atoms with Gasteiger partial charge < -0.3 is 10.1 Å². The Hall–Kier alpha value is -3.08. The van der Waals surface area contributed by atoms with Gasteiger partial charge in [-0.1, -0.05) is 36.4 Å². The molecule has 0 bridgehead atoms. The minimum atomic E-state index is -0.468. The third-order valence-corrected chi connectivity index (χ3v) is 3.58. The number of nitrogens with one attached hydrogen (secondary N) is 2. The highest BCUT2D eigenvalue weighted by Gasteiger charge is 2.06. The third kappa shape index (κ3) is 3.77. The van der Waals surface area contributed by atoms with E-state index in [4.69, 9.17) is 4.74 Å². The molecule has 2 N–H and O–H groups in total. The van der Waals surface area contributed by atoms with Gasteiger partial charge in [0, 0.05) is 18.3 Å². The summed E-state index contributed by atoms with van der Waals surface area (Å²) in [5, 5.41) is 9.43. The lowest BCUT2D eigenvalue weighted by Gasteiger charge is -2.09. The summed E-state index contributed by atoms with van der Waals surface area (Å²) in [5.74, 6) is 0.500. The van der Waals surface area contributed by atoms with Crippen LogP contribution in [-0.2, 0) is 6.54 Å². The van der Waals surface area contributed by atoms with Gasteiger partial charge in [-0.2, -0.15) is 5.10 Å². The second-order valence-corrected chi connectivity index (χ2v) is 5.18. The molecular weight excluding hydrogens is 290 g/mol. The van der Waals surface area contributed by atoms with Gasteiger partial charge in [0.05, 0.1) is 6.20 Å². The number of aromatic amines is 1. The smallest absolute Gasteiger partial charge is 0.410 e. The molecule has 5 nitrogen and oxygen atoms in total. The maximum absolute atomic E-state index is 11.9. The summed E-state index contributed by atoms with van der Waals surface area (Å²) in [6, 6.07) is 15.2. The van der Waals surface area contributed by atoms with Crippen LogP contribution in [0, 0.1) is 6.92 Å². The van der Waals surface area contributed by atoms with E-state index in [-0.39, 0.29) is 0 Å². The molecule has 23 heavy (non-hydrogen) atoms. The van der Waals surface area contributed by atoms with Crippen LogP contribution in [0.25, 0.3) is 11.1 Å². The summed E-state index contributed by atoms with van der Waals surface area (Å²) in [4.78, 5) is 11.9. The van der Waals surface area contributed by atoms with Crippen LogP contribution in [0.1, 0.15) is 11.1 Å². The summed E-state index contributed by atoms with van der Waals surface area (Å²) in [6.07, 6.45) is 3.08. The van der Waals surface area contributed by atoms with E-state index in [1.54, 1.807) is 18.3 Å². The van der Waals surface area contributed by atoms with Crippen molar-refractivity contribution in [3.63, 3.8) is 0 Å². The van der Waals surface area contributed by atoms with E-state index in [1.165, 1.54) is 0 Å². The highest BCUT2D eigenvalue weighted by atomic mass is 16.5. The Morgan fingerprint density at radius 2 is 1.91 bits per heavy atom. The number of hydrogen-bond acceptors (Lipinski definition) is 3. The second kappa shape index (κ2) is 6.79. The normalized spacial score (nSPS) is 10.3. The summed E-state index contributed by atoms with van der Waals surface area (Å²) in [7, 11) is 0. The average Bonchev–Trinajstić information content (AvgIpc) is 3.09. The molecule has 0 saturated heterocycles. The standard InChI is InChI=1S/C18H17N3O2/c1-13-4-2-3-5-15(13)10-19-18(22)23-17-8-6-14(7-9-17)16-11-20-21-12-16/h2-9,11-12H,10H2,1H3,(H,19,22)(H,20,21). The minimum absolute atomic E-state index is 0.443. The molecule has 5 heteroatoms. The van der Waals surface area contributed by atoms with Crippen LogP contribution in [0.3, 0.4) is 0 Å². The number of ether oxygens (including phenoxy) is 1. The topological polar surface area (TPSA) is 67.0 Å². The van der Waals surface area contributed by atoms with Crippen molar-refractivity contribution in [1.82, 2.24) is 15.5 Å². The van der Waals surface area contributed by atoms with Gasteiger partial charge in [-0.15, -0.1) is 0 Å². The Kier molecular flexibility index (Phi) is 4.38. The Bertz CT molecular complexity index is 780. The fourth-order valence-electron chi connectivity index (χ4n) is 2.24. The van der Waals surface area contributed by atoms with Crippen molar-refractivity contribution in [3.05, 3.63) is 72.1 Å². The van der Waals surface area contributed by atoms with Crippen LogP contribution in [-0.4, -0.2) is 16.3 Å². The molecule has 0 aliphatic rings. The largest absolute Gasteiger partial charge is 0.412 e. The lowest BCUT2D eigenvalue weighted by Crippen LogP contribution is -2.26. The van der Waals surface area contributed by atoms with Crippen molar-refractivity contribution in [2.45, 2.75) is 13.5 Å². The van der Waals surface area contributed by atoms with Crippen molar-refractivity contribution in [3.8, 4) is 16.9 Å². The predicted octanol–water partition coefficient (Wildman–Crippen LogP) is 3.67. The number of nitrogens with zero attached hydrogens (tertiary/aromatic N) is 1. The van der Waals surface area contributed by atoms with Crippen LogP contribution in [0.4, 0.5) is 4.79 Å². The molecular formula is C18H17N3O2. The average molecular weight is 307 g/mol. The number of aryl methyl sites for hydroxylation is 1. The molecule has 0 fully saturated rings. The zero-order chi connectivity index (χ0) is 16.1. The highest BCUT2D eigenvalue weighted by Crippen LogP contribution is 2.21. The Morgan fingerprint density at radius 3 is 2.61 bits per heavy atom. The molecule has 0 aliphatic heterocycles. The molecule has 1 amide bonds. The number of aromatic nitrogens is 2. The van der Waals surface area contributed by atoms with Gasteiger partial charge in [0.25, 0.3) is 0 Å². The number of rotatable bonds is 4. The molecule has 0 radical (unpaired) electrons. The molecule has 2 aromatic carbocycles. The lowest BCUT2D eigenvalue weighted by atomic mass is 10.1. The summed E-state index contributed by atoms with van der Waals surface area (Å²) < 4.78 is 5.27. The summed E-state index contributed by atoms with van der Waals surface area (Å²) >= 11 is 0. The van der Waals surface area contributed by atoms with Gasteiger partial charge >= 0.3 is 6.09 Å². The van der Waals surface area contributed by atoms with Crippen LogP contribution in [0.15, 0.2) is 60.9 Å². The van der Waals surface area contributed by atoms with Crippen molar-refractivity contribution in [1.29, 1.82) is 0 Å². The van der Waals surface area contributed by atoms with Crippen LogP contribution < -0.4 is 10.1 Å².